The zero-order chi connectivity index (χ0) is 20.7. The Bertz CT molecular complexity index is 1310. The fourth-order valence-corrected chi connectivity index (χ4v) is 4.14. The number of hydrogen-bond donors (Lipinski definition) is 0. The third-order valence-corrected chi connectivity index (χ3v) is 5.55. The van der Waals surface area contributed by atoms with Gasteiger partial charge in [-0.1, -0.05) is 52.3 Å². The number of hydrogen-bond acceptors (Lipinski definition) is 5. The lowest BCUT2D eigenvalue weighted by Crippen LogP contribution is -2.09. The molecule has 6 nitrogen and oxygen atoms in total. The van der Waals surface area contributed by atoms with Gasteiger partial charge in [-0.15, -0.1) is 0 Å². The van der Waals surface area contributed by atoms with Crippen LogP contribution in [0.5, 0.6) is 0 Å². The van der Waals surface area contributed by atoms with Crippen LogP contribution >= 0.6 is 15.9 Å². The molecule has 0 amide bonds. The standard InChI is InChI=1S/C23H17BrN4O2/c1-2-5-19(29)30-27-22-16-7-4-3-6-15(16)20-17-12-14(24)8-9-18(17)26-23(21(20)22)28-11-10-25-13-28/h3-4,6-13H,2,5H2,1H3/b27-22+. The molecule has 2 heterocycles. The summed E-state index contributed by atoms with van der Waals surface area (Å²) in [5, 5.41) is 5.31. The highest BCUT2D eigenvalue weighted by atomic mass is 79.9. The zero-order valence-corrected chi connectivity index (χ0v) is 17.8. The van der Waals surface area contributed by atoms with Crippen LogP contribution in [0.15, 0.2) is 70.8 Å². The predicted molar refractivity (Wildman–Crippen MR) is 119 cm³/mol. The van der Waals surface area contributed by atoms with E-state index in [4.69, 9.17) is 9.82 Å². The zero-order valence-electron chi connectivity index (χ0n) is 16.2. The van der Waals surface area contributed by atoms with Crippen molar-refractivity contribution in [3.63, 3.8) is 0 Å². The molecule has 0 aliphatic heterocycles. The largest absolute Gasteiger partial charge is 0.335 e. The summed E-state index contributed by atoms with van der Waals surface area (Å²) in [6, 6.07) is 14.0. The maximum absolute atomic E-state index is 12.0. The molecule has 0 atom stereocenters. The van der Waals surface area contributed by atoms with Crippen molar-refractivity contribution in [1.29, 1.82) is 0 Å². The van der Waals surface area contributed by atoms with Crippen molar-refractivity contribution in [1.82, 2.24) is 14.5 Å². The highest BCUT2D eigenvalue weighted by Gasteiger charge is 2.32. The summed E-state index contributed by atoms with van der Waals surface area (Å²) < 4.78 is 2.82. The van der Waals surface area contributed by atoms with E-state index >= 15 is 0 Å². The van der Waals surface area contributed by atoms with Crippen LogP contribution in [0.25, 0.3) is 27.8 Å². The van der Waals surface area contributed by atoms with Crippen LogP contribution < -0.4 is 0 Å². The van der Waals surface area contributed by atoms with Gasteiger partial charge in [-0.05, 0) is 30.2 Å². The summed E-state index contributed by atoms with van der Waals surface area (Å²) >= 11 is 3.58. The smallest absolute Gasteiger partial charge is 0.318 e. The minimum Gasteiger partial charge on any atom is -0.318 e. The van der Waals surface area contributed by atoms with Crippen molar-refractivity contribution in [2.75, 3.05) is 0 Å². The van der Waals surface area contributed by atoms with Gasteiger partial charge in [0.1, 0.15) is 17.9 Å². The van der Waals surface area contributed by atoms with E-state index in [0.29, 0.717) is 24.4 Å². The fourth-order valence-electron chi connectivity index (χ4n) is 3.78. The number of imidazole rings is 1. The predicted octanol–water partition coefficient (Wildman–Crippen LogP) is 5.26. The molecule has 0 bridgehead atoms. The average Bonchev–Trinajstić information content (AvgIpc) is 3.39. The van der Waals surface area contributed by atoms with Gasteiger partial charge in [-0.25, -0.2) is 14.8 Å². The molecular weight excluding hydrogens is 444 g/mol. The molecular formula is C23H17BrN4O2. The van der Waals surface area contributed by atoms with Crippen LogP contribution in [0.2, 0.25) is 0 Å². The Balaban J connectivity index is 1.84. The SMILES string of the molecule is CCCC(=O)O/N=C1\c2ccccc2-c2c1c(-n1ccnc1)nc1ccc(Br)cc21. The molecule has 2 aromatic carbocycles. The highest BCUT2D eigenvalue weighted by molar-refractivity contribution is 9.10. The van der Waals surface area contributed by atoms with Crippen molar-refractivity contribution in [3.05, 3.63) is 76.8 Å². The van der Waals surface area contributed by atoms with Crippen LogP contribution in [0.1, 0.15) is 30.9 Å². The third-order valence-electron chi connectivity index (χ3n) is 5.06. The number of fused-ring (bicyclic) bond motifs is 5. The number of benzene rings is 2. The molecule has 0 spiro atoms. The quantitative estimate of drug-likeness (QED) is 0.271. The molecule has 2 aromatic heterocycles. The Hall–Kier alpha value is -3.32. The van der Waals surface area contributed by atoms with Crippen molar-refractivity contribution in [2.24, 2.45) is 5.16 Å². The van der Waals surface area contributed by atoms with Crippen molar-refractivity contribution in [2.45, 2.75) is 19.8 Å². The van der Waals surface area contributed by atoms with Gasteiger partial charge in [-0.2, -0.15) is 0 Å². The second kappa shape index (κ2) is 7.50. The number of rotatable bonds is 4. The summed E-state index contributed by atoms with van der Waals surface area (Å²) in [6.45, 7) is 1.93. The Morgan fingerprint density at radius 3 is 2.77 bits per heavy atom. The topological polar surface area (TPSA) is 69.4 Å². The van der Waals surface area contributed by atoms with E-state index in [2.05, 4.69) is 38.2 Å². The second-order valence-corrected chi connectivity index (χ2v) is 7.93. The lowest BCUT2D eigenvalue weighted by molar-refractivity contribution is -0.143. The van der Waals surface area contributed by atoms with Crippen molar-refractivity contribution in [3.8, 4) is 16.9 Å². The van der Waals surface area contributed by atoms with E-state index < -0.39 is 0 Å². The number of carbonyl (C=O) groups excluding carboxylic acids is 1. The first-order chi connectivity index (χ1) is 14.7. The van der Waals surface area contributed by atoms with Gasteiger partial charge < -0.3 is 4.84 Å². The molecule has 1 aliphatic rings. The van der Waals surface area contributed by atoms with Gasteiger partial charge in [0.2, 0.25) is 0 Å². The Morgan fingerprint density at radius 2 is 2.00 bits per heavy atom. The van der Waals surface area contributed by atoms with E-state index in [9.17, 15) is 4.79 Å². The van der Waals surface area contributed by atoms with Gasteiger partial charge in [-0.3, -0.25) is 4.57 Å². The van der Waals surface area contributed by atoms with Crippen molar-refractivity contribution >= 4 is 38.5 Å². The van der Waals surface area contributed by atoms with E-state index in [0.717, 1.165) is 37.6 Å². The van der Waals surface area contributed by atoms with Crippen LogP contribution in [-0.2, 0) is 9.63 Å². The molecule has 0 N–H and O–H groups in total. The lowest BCUT2D eigenvalue weighted by Gasteiger charge is -2.12. The molecule has 0 saturated heterocycles. The first kappa shape index (κ1) is 18.7. The average molecular weight is 461 g/mol. The molecule has 0 radical (unpaired) electrons. The molecule has 7 heteroatoms. The van der Waals surface area contributed by atoms with Crippen LogP contribution in [0.3, 0.4) is 0 Å². The van der Waals surface area contributed by atoms with Gasteiger partial charge >= 0.3 is 5.97 Å². The van der Waals surface area contributed by atoms with Gasteiger partial charge in [0, 0.05) is 39.8 Å². The maximum Gasteiger partial charge on any atom is 0.335 e. The van der Waals surface area contributed by atoms with Crippen molar-refractivity contribution < 1.29 is 9.63 Å². The number of nitrogens with zero attached hydrogens (tertiary/aromatic N) is 4. The van der Waals surface area contributed by atoms with E-state index in [1.807, 2.05) is 48.0 Å². The Kier molecular flexibility index (Phi) is 4.67. The number of aromatic nitrogens is 3. The lowest BCUT2D eigenvalue weighted by atomic mass is 10.0. The molecule has 5 rings (SSSR count). The summed E-state index contributed by atoms with van der Waals surface area (Å²) in [4.78, 5) is 26.4. The minimum absolute atomic E-state index is 0.322. The summed E-state index contributed by atoms with van der Waals surface area (Å²) in [7, 11) is 0. The number of oxime groups is 1. The summed E-state index contributed by atoms with van der Waals surface area (Å²) in [6.07, 6.45) is 6.29. The molecule has 1 aliphatic carbocycles. The third kappa shape index (κ3) is 3.02. The number of halogens is 1. The Morgan fingerprint density at radius 1 is 1.17 bits per heavy atom. The first-order valence-electron chi connectivity index (χ1n) is 9.67. The first-order valence-corrected chi connectivity index (χ1v) is 10.5. The van der Waals surface area contributed by atoms with E-state index in [1.54, 1.807) is 12.5 Å². The molecule has 0 saturated carbocycles. The van der Waals surface area contributed by atoms with E-state index in [-0.39, 0.29) is 5.97 Å². The Labute approximate surface area is 181 Å². The molecule has 0 unspecified atom stereocenters. The maximum atomic E-state index is 12.0. The molecule has 4 aromatic rings. The minimum atomic E-state index is -0.350. The van der Waals surface area contributed by atoms with Crippen LogP contribution in [0.4, 0.5) is 0 Å². The van der Waals surface area contributed by atoms with E-state index in [1.165, 1.54) is 0 Å². The van der Waals surface area contributed by atoms with Crippen LogP contribution in [0, 0.1) is 0 Å². The number of pyridine rings is 1. The normalized spacial score (nSPS) is 13.5. The van der Waals surface area contributed by atoms with Gasteiger partial charge in [0.15, 0.2) is 0 Å². The summed E-state index contributed by atoms with van der Waals surface area (Å²) in [5.74, 6) is 0.343. The monoisotopic (exact) mass is 460 g/mol. The van der Waals surface area contributed by atoms with Crippen LogP contribution in [-0.4, -0.2) is 26.2 Å². The highest BCUT2D eigenvalue weighted by Crippen LogP contribution is 2.44. The summed E-state index contributed by atoms with van der Waals surface area (Å²) in [5.41, 5.74) is 5.25. The molecule has 148 valence electrons. The van der Waals surface area contributed by atoms with Gasteiger partial charge in [0.05, 0.1) is 11.1 Å². The molecule has 30 heavy (non-hydrogen) atoms. The molecule has 0 fully saturated rings. The number of carbonyl (C=O) groups is 1. The second-order valence-electron chi connectivity index (χ2n) is 7.02. The van der Waals surface area contributed by atoms with Gasteiger partial charge in [0.25, 0.3) is 0 Å². The fraction of sp³-hybridized carbons (Fsp3) is 0.130.